The van der Waals surface area contributed by atoms with Gasteiger partial charge in [-0.05, 0) is 31.4 Å². The SMILES string of the molecule is CCCCC(CC)COc1ccc(C)cc1. The number of unbranched alkanes of at least 4 members (excludes halogenated alkanes) is 1. The van der Waals surface area contributed by atoms with Crippen LogP contribution in [0.3, 0.4) is 0 Å². The molecule has 0 radical (unpaired) electrons. The maximum absolute atomic E-state index is 5.81. The molecule has 0 aromatic heterocycles. The largest absolute Gasteiger partial charge is 0.493 e. The highest BCUT2D eigenvalue weighted by Gasteiger charge is 2.06. The van der Waals surface area contributed by atoms with Gasteiger partial charge in [-0.1, -0.05) is 50.8 Å². The van der Waals surface area contributed by atoms with E-state index < -0.39 is 0 Å². The highest BCUT2D eigenvalue weighted by Crippen LogP contribution is 2.16. The van der Waals surface area contributed by atoms with Gasteiger partial charge in [0.05, 0.1) is 6.61 Å². The van der Waals surface area contributed by atoms with Crippen molar-refractivity contribution in [1.82, 2.24) is 0 Å². The number of benzene rings is 1. The molecule has 1 aromatic carbocycles. The zero-order chi connectivity index (χ0) is 11.8. The molecule has 0 saturated heterocycles. The minimum Gasteiger partial charge on any atom is -0.493 e. The van der Waals surface area contributed by atoms with Crippen molar-refractivity contribution in [2.75, 3.05) is 6.61 Å². The Labute approximate surface area is 99.8 Å². The summed E-state index contributed by atoms with van der Waals surface area (Å²) in [6.45, 7) is 7.45. The van der Waals surface area contributed by atoms with Crippen LogP contribution in [0, 0.1) is 12.8 Å². The van der Waals surface area contributed by atoms with Crippen LogP contribution in [0.25, 0.3) is 0 Å². The van der Waals surface area contributed by atoms with Crippen LogP contribution in [0.1, 0.15) is 45.1 Å². The van der Waals surface area contributed by atoms with E-state index in [4.69, 9.17) is 4.74 Å². The Balaban J connectivity index is 2.34. The van der Waals surface area contributed by atoms with Gasteiger partial charge in [-0.15, -0.1) is 0 Å². The van der Waals surface area contributed by atoms with Crippen LogP contribution in [-0.2, 0) is 0 Å². The average Bonchev–Trinajstić information content (AvgIpc) is 2.32. The van der Waals surface area contributed by atoms with Gasteiger partial charge in [0.1, 0.15) is 5.75 Å². The Bertz CT molecular complexity index is 276. The number of hydrogen-bond donors (Lipinski definition) is 0. The van der Waals surface area contributed by atoms with E-state index in [0.717, 1.165) is 12.4 Å². The lowest BCUT2D eigenvalue weighted by molar-refractivity contribution is 0.233. The first-order chi connectivity index (χ1) is 7.76. The van der Waals surface area contributed by atoms with Gasteiger partial charge in [-0.2, -0.15) is 0 Å². The van der Waals surface area contributed by atoms with Crippen LogP contribution in [0.4, 0.5) is 0 Å². The van der Waals surface area contributed by atoms with Crippen molar-refractivity contribution in [2.45, 2.75) is 46.5 Å². The molecule has 0 heterocycles. The fourth-order valence-corrected chi connectivity index (χ4v) is 1.75. The molecule has 0 amide bonds. The molecule has 1 heteroatoms. The number of hydrogen-bond acceptors (Lipinski definition) is 1. The molecule has 0 bridgehead atoms. The van der Waals surface area contributed by atoms with Gasteiger partial charge in [0.15, 0.2) is 0 Å². The molecule has 1 rings (SSSR count). The van der Waals surface area contributed by atoms with E-state index in [2.05, 4.69) is 45.0 Å². The van der Waals surface area contributed by atoms with Crippen LogP contribution in [-0.4, -0.2) is 6.61 Å². The first-order valence-electron chi connectivity index (χ1n) is 6.45. The molecule has 90 valence electrons. The molecule has 1 nitrogen and oxygen atoms in total. The second-order valence-corrected chi connectivity index (χ2v) is 4.54. The van der Waals surface area contributed by atoms with Gasteiger partial charge in [0.2, 0.25) is 0 Å². The molecule has 1 aromatic rings. The molecule has 1 unspecified atom stereocenters. The summed E-state index contributed by atoms with van der Waals surface area (Å²) in [6, 6.07) is 8.31. The lowest BCUT2D eigenvalue weighted by Crippen LogP contribution is -2.11. The fourth-order valence-electron chi connectivity index (χ4n) is 1.75. The summed E-state index contributed by atoms with van der Waals surface area (Å²) < 4.78 is 5.81. The Morgan fingerprint density at radius 1 is 1.12 bits per heavy atom. The smallest absolute Gasteiger partial charge is 0.119 e. The van der Waals surface area contributed by atoms with E-state index in [9.17, 15) is 0 Å². The van der Waals surface area contributed by atoms with Crippen molar-refractivity contribution in [3.63, 3.8) is 0 Å². The second kappa shape index (κ2) is 7.32. The van der Waals surface area contributed by atoms with Crippen LogP contribution in [0.2, 0.25) is 0 Å². The standard InChI is InChI=1S/C15H24O/c1-4-6-7-14(5-2)12-16-15-10-8-13(3)9-11-15/h8-11,14H,4-7,12H2,1-3H3. The summed E-state index contributed by atoms with van der Waals surface area (Å²) in [4.78, 5) is 0. The maximum atomic E-state index is 5.81. The lowest BCUT2D eigenvalue weighted by Gasteiger charge is -2.15. The highest BCUT2D eigenvalue weighted by atomic mass is 16.5. The Morgan fingerprint density at radius 3 is 2.38 bits per heavy atom. The summed E-state index contributed by atoms with van der Waals surface area (Å²) in [7, 11) is 0. The van der Waals surface area contributed by atoms with Crippen molar-refractivity contribution >= 4 is 0 Å². The van der Waals surface area contributed by atoms with Crippen molar-refractivity contribution < 1.29 is 4.74 Å². The van der Waals surface area contributed by atoms with Crippen LogP contribution in [0.15, 0.2) is 24.3 Å². The predicted octanol–water partition coefficient (Wildman–Crippen LogP) is 4.59. The normalized spacial score (nSPS) is 12.4. The molecule has 0 aliphatic rings. The van der Waals surface area contributed by atoms with Gasteiger partial charge in [0, 0.05) is 0 Å². The third-order valence-corrected chi connectivity index (χ3v) is 3.05. The van der Waals surface area contributed by atoms with E-state index in [1.807, 2.05) is 0 Å². The van der Waals surface area contributed by atoms with Gasteiger partial charge in [-0.25, -0.2) is 0 Å². The zero-order valence-electron chi connectivity index (χ0n) is 10.8. The van der Waals surface area contributed by atoms with Crippen molar-refractivity contribution in [1.29, 1.82) is 0 Å². The topological polar surface area (TPSA) is 9.23 Å². The van der Waals surface area contributed by atoms with E-state index in [0.29, 0.717) is 5.92 Å². The number of rotatable bonds is 7. The summed E-state index contributed by atoms with van der Waals surface area (Å²) in [5, 5.41) is 0. The Hall–Kier alpha value is -0.980. The molecule has 16 heavy (non-hydrogen) atoms. The minimum atomic E-state index is 0.709. The first-order valence-corrected chi connectivity index (χ1v) is 6.45. The van der Waals surface area contributed by atoms with Crippen molar-refractivity contribution in [2.24, 2.45) is 5.92 Å². The molecule has 0 N–H and O–H groups in total. The average molecular weight is 220 g/mol. The quantitative estimate of drug-likeness (QED) is 0.653. The van der Waals surface area contributed by atoms with Gasteiger partial charge >= 0.3 is 0 Å². The highest BCUT2D eigenvalue weighted by molar-refractivity contribution is 5.26. The Kier molecular flexibility index (Phi) is 5.99. The van der Waals surface area contributed by atoms with E-state index in [1.165, 1.54) is 31.2 Å². The number of aryl methyl sites for hydroxylation is 1. The summed E-state index contributed by atoms with van der Waals surface area (Å²) in [5.41, 5.74) is 1.28. The van der Waals surface area contributed by atoms with E-state index in [1.54, 1.807) is 0 Å². The first kappa shape index (κ1) is 13.1. The maximum Gasteiger partial charge on any atom is 0.119 e. The molecule has 1 atom stereocenters. The molecule has 0 aliphatic heterocycles. The minimum absolute atomic E-state index is 0.709. The molecule has 0 fully saturated rings. The van der Waals surface area contributed by atoms with Crippen LogP contribution < -0.4 is 4.74 Å². The van der Waals surface area contributed by atoms with Gasteiger partial charge in [-0.3, -0.25) is 0 Å². The fraction of sp³-hybridized carbons (Fsp3) is 0.600. The second-order valence-electron chi connectivity index (χ2n) is 4.54. The van der Waals surface area contributed by atoms with Crippen LogP contribution >= 0.6 is 0 Å². The van der Waals surface area contributed by atoms with Crippen molar-refractivity contribution in [3.8, 4) is 5.75 Å². The third kappa shape index (κ3) is 4.69. The Morgan fingerprint density at radius 2 is 1.81 bits per heavy atom. The summed E-state index contributed by atoms with van der Waals surface area (Å²) in [6.07, 6.45) is 5.10. The number of ether oxygens (including phenoxy) is 1. The third-order valence-electron chi connectivity index (χ3n) is 3.05. The lowest BCUT2D eigenvalue weighted by atomic mass is 10.0. The molecule has 0 spiro atoms. The molecule has 0 aliphatic carbocycles. The van der Waals surface area contributed by atoms with Crippen LogP contribution in [0.5, 0.6) is 5.75 Å². The van der Waals surface area contributed by atoms with Gasteiger partial charge < -0.3 is 4.74 Å². The van der Waals surface area contributed by atoms with E-state index in [-0.39, 0.29) is 0 Å². The predicted molar refractivity (Wildman–Crippen MR) is 70.0 cm³/mol. The molecular formula is C15H24O. The monoisotopic (exact) mass is 220 g/mol. The zero-order valence-corrected chi connectivity index (χ0v) is 10.8. The molecule has 0 saturated carbocycles. The summed E-state index contributed by atoms with van der Waals surface area (Å²) in [5.74, 6) is 1.71. The van der Waals surface area contributed by atoms with Gasteiger partial charge in [0.25, 0.3) is 0 Å². The van der Waals surface area contributed by atoms with E-state index >= 15 is 0 Å². The van der Waals surface area contributed by atoms with Crippen molar-refractivity contribution in [3.05, 3.63) is 29.8 Å². The molecular weight excluding hydrogens is 196 g/mol. The summed E-state index contributed by atoms with van der Waals surface area (Å²) >= 11 is 0.